The van der Waals surface area contributed by atoms with Crippen molar-refractivity contribution in [2.45, 2.75) is 44.3 Å². The lowest BCUT2D eigenvalue weighted by Crippen LogP contribution is -2.51. The average Bonchev–Trinajstić information content (AvgIpc) is 2.57. The second-order valence-corrected chi connectivity index (χ2v) is 6.36. The van der Waals surface area contributed by atoms with Gasteiger partial charge in [-0.1, -0.05) is 0 Å². The number of ether oxygens (including phenoxy) is 1. The molecule has 0 saturated carbocycles. The monoisotopic (exact) mass is 305 g/mol. The summed E-state index contributed by atoms with van der Waals surface area (Å²) >= 11 is 0. The third-order valence-electron chi connectivity index (χ3n) is 4.41. The smallest absolute Gasteiger partial charge is 0.225 e. The van der Waals surface area contributed by atoms with E-state index in [9.17, 15) is 0 Å². The van der Waals surface area contributed by atoms with Crippen LogP contribution in [0.2, 0.25) is 0 Å². The molecule has 3 unspecified atom stereocenters. The highest BCUT2D eigenvalue weighted by Gasteiger charge is 2.24. The molecule has 2 N–H and O–H groups in total. The lowest BCUT2D eigenvalue weighted by Gasteiger charge is -2.35. The van der Waals surface area contributed by atoms with Crippen LogP contribution in [0, 0.1) is 0 Å². The molecule has 3 heterocycles. The van der Waals surface area contributed by atoms with Gasteiger partial charge in [0.25, 0.3) is 0 Å². The molecule has 0 spiro atoms. The Morgan fingerprint density at radius 1 is 1.45 bits per heavy atom. The predicted molar refractivity (Wildman–Crippen MR) is 87.1 cm³/mol. The lowest BCUT2D eigenvalue weighted by molar-refractivity contribution is 0.0706. The van der Waals surface area contributed by atoms with E-state index in [0.717, 1.165) is 45.2 Å². The SMILES string of the molecule is CC(CC1COCCN1)NC1CCCN(c2ncccn2)C1. The first-order valence-corrected chi connectivity index (χ1v) is 8.40. The highest BCUT2D eigenvalue weighted by molar-refractivity contribution is 5.29. The predicted octanol–water partition coefficient (Wildman–Crippen LogP) is 0.802. The van der Waals surface area contributed by atoms with Crippen LogP contribution in [0.5, 0.6) is 0 Å². The minimum Gasteiger partial charge on any atom is -0.379 e. The number of morpholine rings is 1. The summed E-state index contributed by atoms with van der Waals surface area (Å²) in [4.78, 5) is 11.0. The number of hydrogen-bond acceptors (Lipinski definition) is 6. The first kappa shape index (κ1) is 15.6. The molecule has 2 fully saturated rings. The van der Waals surface area contributed by atoms with Crippen LogP contribution >= 0.6 is 0 Å². The summed E-state index contributed by atoms with van der Waals surface area (Å²) in [5, 5.41) is 7.30. The summed E-state index contributed by atoms with van der Waals surface area (Å²) in [6.07, 6.45) is 7.15. The van der Waals surface area contributed by atoms with Gasteiger partial charge in [0.05, 0.1) is 13.2 Å². The zero-order valence-electron chi connectivity index (χ0n) is 13.4. The maximum absolute atomic E-state index is 5.53. The Hall–Kier alpha value is -1.24. The van der Waals surface area contributed by atoms with Gasteiger partial charge in [-0.3, -0.25) is 0 Å². The highest BCUT2D eigenvalue weighted by atomic mass is 16.5. The van der Waals surface area contributed by atoms with Crippen molar-refractivity contribution >= 4 is 5.95 Å². The fourth-order valence-corrected chi connectivity index (χ4v) is 3.42. The molecule has 1 aromatic rings. The number of anilines is 1. The van der Waals surface area contributed by atoms with E-state index in [2.05, 4.69) is 32.4 Å². The Bertz CT molecular complexity index is 437. The van der Waals surface area contributed by atoms with Crippen molar-refractivity contribution in [3.05, 3.63) is 18.5 Å². The fraction of sp³-hybridized carbons (Fsp3) is 0.750. The number of aromatic nitrogens is 2. The summed E-state index contributed by atoms with van der Waals surface area (Å²) in [6.45, 7) is 6.96. The Morgan fingerprint density at radius 3 is 3.09 bits per heavy atom. The van der Waals surface area contributed by atoms with E-state index >= 15 is 0 Å². The van der Waals surface area contributed by atoms with Gasteiger partial charge in [0.2, 0.25) is 5.95 Å². The Kier molecular flexibility index (Phi) is 5.58. The van der Waals surface area contributed by atoms with Crippen LogP contribution in [0.4, 0.5) is 5.95 Å². The zero-order valence-corrected chi connectivity index (χ0v) is 13.4. The summed E-state index contributed by atoms with van der Waals surface area (Å²) in [6, 6.07) is 3.34. The summed E-state index contributed by atoms with van der Waals surface area (Å²) in [7, 11) is 0. The van der Waals surface area contributed by atoms with Crippen molar-refractivity contribution in [1.29, 1.82) is 0 Å². The number of piperidine rings is 1. The Balaban J connectivity index is 1.47. The van der Waals surface area contributed by atoms with Gasteiger partial charge in [0, 0.05) is 50.2 Å². The third-order valence-corrected chi connectivity index (χ3v) is 4.41. The van der Waals surface area contributed by atoms with Crippen LogP contribution < -0.4 is 15.5 Å². The van der Waals surface area contributed by atoms with Crippen molar-refractivity contribution in [1.82, 2.24) is 20.6 Å². The molecule has 6 heteroatoms. The maximum Gasteiger partial charge on any atom is 0.225 e. The van der Waals surface area contributed by atoms with Crippen LogP contribution in [0.25, 0.3) is 0 Å². The molecule has 6 nitrogen and oxygen atoms in total. The van der Waals surface area contributed by atoms with Crippen molar-refractivity contribution in [3.63, 3.8) is 0 Å². The van der Waals surface area contributed by atoms with Crippen molar-refractivity contribution < 1.29 is 4.74 Å². The standard InChI is InChI=1S/C16H27N5O/c1-13(10-15-12-22-9-7-17-15)20-14-4-2-8-21(11-14)16-18-5-3-6-19-16/h3,5-6,13-15,17,20H,2,4,7-12H2,1H3. The van der Waals surface area contributed by atoms with Crippen LogP contribution in [-0.4, -0.2) is 60.9 Å². The van der Waals surface area contributed by atoms with E-state index in [1.807, 2.05) is 18.5 Å². The lowest BCUT2D eigenvalue weighted by atomic mass is 10.0. The summed E-state index contributed by atoms with van der Waals surface area (Å²) < 4.78 is 5.53. The molecular weight excluding hydrogens is 278 g/mol. The van der Waals surface area contributed by atoms with Gasteiger partial charge in [-0.05, 0) is 32.3 Å². The van der Waals surface area contributed by atoms with Gasteiger partial charge < -0.3 is 20.3 Å². The molecule has 0 aliphatic carbocycles. The van der Waals surface area contributed by atoms with E-state index in [-0.39, 0.29) is 0 Å². The van der Waals surface area contributed by atoms with E-state index in [1.165, 1.54) is 12.8 Å². The van der Waals surface area contributed by atoms with Gasteiger partial charge in [0.1, 0.15) is 0 Å². The maximum atomic E-state index is 5.53. The average molecular weight is 305 g/mol. The molecule has 22 heavy (non-hydrogen) atoms. The normalized spacial score (nSPS) is 27.6. The molecule has 3 atom stereocenters. The molecule has 0 aromatic carbocycles. The zero-order chi connectivity index (χ0) is 15.2. The molecule has 0 amide bonds. The Morgan fingerprint density at radius 2 is 2.32 bits per heavy atom. The summed E-state index contributed by atoms with van der Waals surface area (Å²) in [5.41, 5.74) is 0. The second-order valence-electron chi connectivity index (χ2n) is 6.36. The molecule has 0 bridgehead atoms. The van der Waals surface area contributed by atoms with Gasteiger partial charge in [-0.2, -0.15) is 0 Å². The minimum atomic E-state index is 0.480. The van der Waals surface area contributed by atoms with Crippen LogP contribution in [-0.2, 0) is 4.74 Å². The number of rotatable bonds is 5. The van der Waals surface area contributed by atoms with Gasteiger partial charge >= 0.3 is 0 Å². The molecule has 2 saturated heterocycles. The Labute approximate surface area is 132 Å². The van der Waals surface area contributed by atoms with E-state index in [1.54, 1.807) is 0 Å². The molecule has 3 rings (SSSR count). The van der Waals surface area contributed by atoms with Crippen LogP contribution in [0.3, 0.4) is 0 Å². The van der Waals surface area contributed by atoms with E-state index in [4.69, 9.17) is 4.74 Å². The van der Waals surface area contributed by atoms with Crippen LogP contribution in [0.15, 0.2) is 18.5 Å². The van der Waals surface area contributed by atoms with Crippen molar-refractivity contribution in [2.24, 2.45) is 0 Å². The quantitative estimate of drug-likeness (QED) is 0.839. The molecule has 2 aliphatic heterocycles. The first-order valence-electron chi connectivity index (χ1n) is 8.40. The largest absolute Gasteiger partial charge is 0.379 e. The van der Waals surface area contributed by atoms with Crippen molar-refractivity contribution in [2.75, 3.05) is 37.7 Å². The van der Waals surface area contributed by atoms with Crippen molar-refractivity contribution in [3.8, 4) is 0 Å². The molecule has 0 radical (unpaired) electrons. The number of hydrogen-bond donors (Lipinski definition) is 2. The molecule has 2 aliphatic rings. The van der Waals surface area contributed by atoms with Gasteiger partial charge in [-0.25, -0.2) is 9.97 Å². The van der Waals surface area contributed by atoms with E-state index < -0.39 is 0 Å². The molecular formula is C16H27N5O. The number of nitrogens with zero attached hydrogens (tertiary/aromatic N) is 3. The molecule has 122 valence electrons. The third kappa shape index (κ3) is 4.38. The molecule has 1 aromatic heterocycles. The minimum absolute atomic E-state index is 0.480. The van der Waals surface area contributed by atoms with Crippen LogP contribution in [0.1, 0.15) is 26.2 Å². The van der Waals surface area contributed by atoms with Gasteiger partial charge in [-0.15, -0.1) is 0 Å². The second kappa shape index (κ2) is 7.85. The number of nitrogens with one attached hydrogen (secondary N) is 2. The first-order chi connectivity index (χ1) is 10.8. The highest BCUT2D eigenvalue weighted by Crippen LogP contribution is 2.16. The van der Waals surface area contributed by atoms with Gasteiger partial charge in [0.15, 0.2) is 0 Å². The fourth-order valence-electron chi connectivity index (χ4n) is 3.42. The topological polar surface area (TPSA) is 62.3 Å². The van der Waals surface area contributed by atoms with E-state index in [0.29, 0.717) is 18.1 Å². The summed E-state index contributed by atoms with van der Waals surface area (Å²) in [5.74, 6) is 0.851.